The number of hydrogen-bond acceptors (Lipinski definition) is 5. The number of ether oxygens (including phenoxy) is 1. The van der Waals surface area contributed by atoms with Crippen LogP contribution in [0, 0.1) is 0 Å². The predicted molar refractivity (Wildman–Crippen MR) is 62.0 cm³/mol. The Bertz CT molecular complexity index is 524. The van der Waals surface area contributed by atoms with Crippen molar-refractivity contribution in [2.45, 2.75) is 6.54 Å². The molecule has 3 N–H and O–H groups in total. The Morgan fingerprint density at radius 2 is 2.31 bits per heavy atom. The van der Waals surface area contributed by atoms with Crippen LogP contribution in [0.5, 0.6) is 5.88 Å². The standard InChI is InChI=1S/C9H12ClN5O/c1-12-8-9-13-5(3-11)7(10)15(9)4-6(14-8)16-2/h4H,3,11H2,1-2H3,(H,12,14). The Labute approximate surface area is 97.4 Å². The van der Waals surface area contributed by atoms with E-state index in [1.807, 2.05) is 0 Å². The fourth-order valence-corrected chi connectivity index (χ4v) is 1.69. The van der Waals surface area contributed by atoms with Gasteiger partial charge < -0.3 is 15.8 Å². The molecule has 6 nitrogen and oxygen atoms in total. The van der Waals surface area contributed by atoms with Crippen LogP contribution in [0.4, 0.5) is 5.82 Å². The first-order valence-corrected chi connectivity index (χ1v) is 5.08. The number of methoxy groups -OCH3 is 1. The topological polar surface area (TPSA) is 77.5 Å². The minimum Gasteiger partial charge on any atom is -0.480 e. The van der Waals surface area contributed by atoms with E-state index in [1.54, 1.807) is 24.8 Å². The maximum absolute atomic E-state index is 6.12. The molecule has 0 aliphatic heterocycles. The summed E-state index contributed by atoms with van der Waals surface area (Å²) in [5.41, 5.74) is 6.81. The molecule has 0 radical (unpaired) electrons. The minimum absolute atomic E-state index is 0.284. The van der Waals surface area contributed by atoms with Gasteiger partial charge in [-0.2, -0.15) is 4.98 Å². The van der Waals surface area contributed by atoms with Crippen molar-refractivity contribution in [3.05, 3.63) is 17.0 Å². The van der Waals surface area contributed by atoms with E-state index in [1.165, 1.54) is 0 Å². The van der Waals surface area contributed by atoms with Crippen molar-refractivity contribution in [2.75, 3.05) is 19.5 Å². The summed E-state index contributed by atoms with van der Waals surface area (Å²) in [7, 11) is 3.30. The van der Waals surface area contributed by atoms with Gasteiger partial charge in [0.2, 0.25) is 5.88 Å². The van der Waals surface area contributed by atoms with Gasteiger partial charge in [-0.3, -0.25) is 4.40 Å². The first-order chi connectivity index (χ1) is 7.71. The van der Waals surface area contributed by atoms with Crippen LogP contribution in [-0.2, 0) is 6.54 Å². The third kappa shape index (κ3) is 1.56. The van der Waals surface area contributed by atoms with Gasteiger partial charge in [0.25, 0.3) is 0 Å². The van der Waals surface area contributed by atoms with E-state index in [4.69, 9.17) is 22.1 Å². The van der Waals surface area contributed by atoms with Crippen molar-refractivity contribution >= 4 is 23.1 Å². The highest BCUT2D eigenvalue weighted by Gasteiger charge is 2.14. The van der Waals surface area contributed by atoms with Crippen molar-refractivity contribution in [3.8, 4) is 5.88 Å². The fourth-order valence-electron chi connectivity index (χ4n) is 1.44. The summed E-state index contributed by atoms with van der Waals surface area (Å²) in [6, 6.07) is 0. The number of fused-ring (bicyclic) bond motifs is 1. The summed E-state index contributed by atoms with van der Waals surface area (Å²) in [5, 5.41) is 3.42. The van der Waals surface area contributed by atoms with Crippen LogP contribution in [0.3, 0.4) is 0 Å². The number of nitrogens with one attached hydrogen (secondary N) is 1. The molecule has 0 bridgehead atoms. The van der Waals surface area contributed by atoms with Crippen LogP contribution in [0.2, 0.25) is 5.15 Å². The Morgan fingerprint density at radius 3 is 2.88 bits per heavy atom. The van der Waals surface area contributed by atoms with E-state index in [0.29, 0.717) is 28.2 Å². The fraction of sp³-hybridized carbons (Fsp3) is 0.333. The van der Waals surface area contributed by atoms with Gasteiger partial charge in [-0.1, -0.05) is 11.6 Å². The second-order valence-corrected chi connectivity index (χ2v) is 3.49. The Kier molecular flexibility index (Phi) is 2.84. The summed E-state index contributed by atoms with van der Waals surface area (Å²) in [5.74, 6) is 1.06. The molecule has 7 heteroatoms. The van der Waals surface area contributed by atoms with Gasteiger partial charge >= 0.3 is 0 Å². The largest absolute Gasteiger partial charge is 0.480 e. The lowest BCUT2D eigenvalue weighted by molar-refractivity contribution is 0.396. The van der Waals surface area contributed by atoms with E-state index in [-0.39, 0.29) is 6.54 Å². The molecule has 0 spiro atoms. The SMILES string of the molecule is CNc1nc(OC)cn2c(Cl)c(CN)nc12. The van der Waals surface area contributed by atoms with Gasteiger partial charge in [-0.25, -0.2) is 4.98 Å². The van der Waals surface area contributed by atoms with Gasteiger partial charge in [0.1, 0.15) is 5.15 Å². The number of aromatic nitrogens is 3. The highest BCUT2D eigenvalue weighted by molar-refractivity contribution is 6.30. The molecule has 2 heterocycles. The minimum atomic E-state index is 0.284. The number of halogens is 1. The van der Waals surface area contributed by atoms with Gasteiger partial charge in [-0.05, 0) is 0 Å². The molecule has 2 rings (SSSR count). The number of anilines is 1. The lowest BCUT2D eigenvalue weighted by Gasteiger charge is -2.05. The Hall–Kier alpha value is -1.53. The molecule has 86 valence electrons. The maximum atomic E-state index is 6.12. The van der Waals surface area contributed by atoms with Crippen LogP contribution in [0.25, 0.3) is 5.65 Å². The van der Waals surface area contributed by atoms with Gasteiger partial charge in [0.05, 0.1) is 19.0 Å². The third-order valence-electron chi connectivity index (χ3n) is 2.23. The quantitative estimate of drug-likeness (QED) is 0.835. The molecule has 0 atom stereocenters. The molecule has 0 fully saturated rings. The second-order valence-electron chi connectivity index (χ2n) is 3.13. The molecule has 0 saturated heterocycles. The molecule has 2 aromatic heterocycles. The molecular weight excluding hydrogens is 230 g/mol. The third-order valence-corrected chi connectivity index (χ3v) is 2.63. The average molecular weight is 242 g/mol. The summed E-state index contributed by atoms with van der Waals surface area (Å²) in [6.07, 6.45) is 1.67. The van der Waals surface area contributed by atoms with E-state index < -0.39 is 0 Å². The van der Waals surface area contributed by atoms with Crippen molar-refractivity contribution < 1.29 is 4.74 Å². The van der Waals surface area contributed by atoms with E-state index in [2.05, 4.69) is 15.3 Å². The lowest BCUT2D eigenvalue weighted by atomic mass is 10.5. The first kappa shape index (κ1) is 11.0. The smallest absolute Gasteiger partial charge is 0.232 e. The zero-order chi connectivity index (χ0) is 11.7. The van der Waals surface area contributed by atoms with Crippen LogP contribution >= 0.6 is 11.6 Å². The summed E-state index contributed by atoms with van der Waals surface area (Å²) >= 11 is 6.12. The van der Waals surface area contributed by atoms with Crippen molar-refractivity contribution in [3.63, 3.8) is 0 Å². The number of imidazole rings is 1. The molecule has 0 amide bonds. The summed E-state index contributed by atoms with van der Waals surface area (Å²) in [6.45, 7) is 0.284. The molecule has 0 aliphatic rings. The molecule has 0 aromatic carbocycles. The lowest BCUT2D eigenvalue weighted by Crippen LogP contribution is -2.00. The zero-order valence-corrected chi connectivity index (χ0v) is 9.75. The van der Waals surface area contributed by atoms with Crippen LogP contribution in [-0.4, -0.2) is 28.5 Å². The van der Waals surface area contributed by atoms with Crippen molar-refractivity contribution in [1.82, 2.24) is 14.4 Å². The van der Waals surface area contributed by atoms with Gasteiger partial charge in [0.15, 0.2) is 11.5 Å². The summed E-state index contributed by atoms with van der Waals surface area (Å²) < 4.78 is 6.77. The normalized spacial score (nSPS) is 10.8. The van der Waals surface area contributed by atoms with Crippen LogP contribution < -0.4 is 15.8 Å². The molecule has 0 saturated carbocycles. The molecule has 0 aliphatic carbocycles. The van der Waals surface area contributed by atoms with Crippen LogP contribution in [0.15, 0.2) is 6.20 Å². The van der Waals surface area contributed by atoms with Crippen molar-refractivity contribution in [1.29, 1.82) is 0 Å². The highest BCUT2D eigenvalue weighted by atomic mass is 35.5. The molecule has 2 aromatic rings. The van der Waals surface area contributed by atoms with Gasteiger partial charge in [0, 0.05) is 13.6 Å². The van der Waals surface area contributed by atoms with Crippen LogP contribution in [0.1, 0.15) is 5.69 Å². The monoisotopic (exact) mass is 241 g/mol. The molecule has 16 heavy (non-hydrogen) atoms. The Morgan fingerprint density at radius 1 is 1.56 bits per heavy atom. The maximum Gasteiger partial charge on any atom is 0.232 e. The van der Waals surface area contributed by atoms with E-state index in [0.717, 1.165) is 0 Å². The predicted octanol–water partition coefficient (Wildman–Crippen LogP) is 0.892. The summed E-state index contributed by atoms with van der Waals surface area (Å²) in [4.78, 5) is 8.51. The number of nitrogens with two attached hydrogens (primary N) is 1. The molecule has 0 unspecified atom stereocenters. The Balaban J connectivity index is 2.76. The number of nitrogens with zero attached hydrogens (tertiary/aromatic N) is 3. The highest BCUT2D eigenvalue weighted by Crippen LogP contribution is 2.24. The van der Waals surface area contributed by atoms with Crippen molar-refractivity contribution in [2.24, 2.45) is 5.73 Å². The zero-order valence-electron chi connectivity index (χ0n) is 8.99. The number of rotatable bonds is 3. The van der Waals surface area contributed by atoms with E-state index in [9.17, 15) is 0 Å². The molecular formula is C9H12ClN5O. The van der Waals surface area contributed by atoms with Gasteiger partial charge in [-0.15, -0.1) is 0 Å². The second kappa shape index (κ2) is 4.15. The number of hydrogen-bond donors (Lipinski definition) is 2. The average Bonchev–Trinajstić information content (AvgIpc) is 2.65. The van der Waals surface area contributed by atoms with E-state index >= 15 is 0 Å². The first-order valence-electron chi connectivity index (χ1n) is 4.70.